The average molecular weight is 214 g/mol. The van der Waals surface area contributed by atoms with E-state index in [9.17, 15) is 9.59 Å². The average Bonchev–Trinajstić information content (AvgIpc) is 2.17. The van der Waals surface area contributed by atoms with Crippen LogP contribution in [0, 0.1) is 0 Å². The molecular formula is C8H14N4O3. The monoisotopic (exact) mass is 214 g/mol. The van der Waals surface area contributed by atoms with E-state index in [1.807, 2.05) is 13.8 Å². The highest BCUT2D eigenvalue weighted by atomic mass is 16.5. The molecule has 1 unspecified atom stereocenters. The number of hydrogen-bond acceptors (Lipinski definition) is 5. The van der Waals surface area contributed by atoms with Gasteiger partial charge in [-0.05, 0) is 13.8 Å². The number of ether oxygens (including phenoxy) is 1. The molecule has 0 aliphatic rings. The third kappa shape index (κ3) is 3.55. The quantitative estimate of drug-likeness (QED) is 0.601. The van der Waals surface area contributed by atoms with Crippen LogP contribution in [0.5, 0.6) is 0 Å². The van der Waals surface area contributed by atoms with Gasteiger partial charge in [-0.25, -0.2) is 9.89 Å². The number of aromatic nitrogens is 3. The molecule has 0 bridgehead atoms. The molecule has 15 heavy (non-hydrogen) atoms. The number of anilines is 1. The Balaban J connectivity index is 2.58. The topological polar surface area (TPSA) is 99.9 Å². The van der Waals surface area contributed by atoms with Crippen LogP contribution in [0.25, 0.3) is 0 Å². The summed E-state index contributed by atoms with van der Waals surface area (Å²) in [5.41, 5.74) is -1.16. The van der Waals surface area contributed by atoms with E-state index in [1.165, 1.54) is 0 Å². The van der Waals surface area contributed by atoms with Crippen LogP contribution in [0.4, 0.5) is 5.82 Å². The minimum absolute atomic E-state index is 0.0249. The summed E-state index contributed by atoms with van der Waals surface area (Å²) in [5, 5.41) is 8.47. The second kappa shape index (κ2) is 5.30. The molecule has 7 nitrogen and oxygen atoms in total. The molecule has 1 aromatic heterocycles. The van der Waals surface area contributed by atoms with Crippen molar-refractivity contribution in [2.75, 3.05) is 18.5 Å². The number of nitrogens with one attached hydrogen (secondary N) is 3. The van der Waals surface area contributed by atoms with Crippen molar-refractivity contribution in [3.8, 4) is 0 Å². The lowest BCUT2D eigenvalue weighted by Gasteiger charge is -2.11. The van der Waals surface area contributed by atoms with Crippen LogP contribution >= 0.6 is 0 Å². The summed E-state index contributed by atoms with van der Waals surface area (Å²) in [4.78, 5) is 23.9. The molecule has 0 saturated carbocycles. The molecule has 0 aliphatic carbocycles. The maximum absolute atomic E-state index is 11.2. The molecule has 0 spiro atoms. The van der Waals surface area contributed by atoms with Gasteiger partial charge in [0.1, 0.15) is 0 Å². The van der Waals surface area contributed by atoms with Gasteiger partial charge in [-0.3, -0.25) is 9.78 Å². The summed E-state index contributed by atoms with van der Waals surface area (Å²) in [6.07, 6.45) is -0.0249. The number of aromatic amines is 2. The predicted molar refractivity (Wildman–Crippen MR) is 55.1 cm³/mol. The van der Waals surface area contributed by atoms with Crippen LogP contribution in [0.1, 0.15) is 13.8 Å². The highest BCUT2D eigenvalue weighted by Crippen LogP contribution is 1.92. The zero-order valence-corrected chi connectivity index (χ0v) is 8.66. The lowest BCUT2D eigenvalue weighted by Crippen LogP contribution is -2.29. The van der Waals surface area contributed by atoms with Gasteiger partial charge < -0.3 is 10.1 Å². The lowest BCUT2D eigenvalue weighted by molar-refractivity contribution is 0.0854. The van der Waals surface area contributed by atoms with Gasteiger partial charge in [-0.15, -0.1) is 5.10 Å². The minimum atomic E-state index is -0.622. The maximum atomic E-state index is 11.2. The van der Waals surface area contributed by atoms with Gasteiger partial charge in [-0.1, -0.05) is 0 Å². The van der Waals surface area contributed by atoms with Gasteiger partial charge in [0.05, 0.1) is 6.10 Å². The predicted octanol–water partition coefficient (Wildman–Crippen LogP) is -0.705. The van der Waals surface area contributed by atoms with Crippen molar-refractivity contribution in [1.29, 1.82) is 0 Å². The van der Waals surface area contributed by atoms with Crippen molar-refractivity contribution < 1.29 is 4.74 Å². The molecule has 0 amide bonds. The smallest absolute Gasteiger partial charge is 0.342 e. The van der Waals surface area contributed by atoms with Crippen molar-refractivity contribution >= 4 is 5.82 Å². The van der Waals surface area contributed by atoms with Crippen LogP contribution in [0.15, 0.2) is 9.59 Å². The molecule has 0 aliphatic heterocycles. The zero-order valence-electron chi connectivity index (χ0n) is 8.66. The van der Waals surface area contributed by atoms with Gasteiger partial charge in [0.2, 0.25) is 5.82 Å². The van der Waals surface area contributed by atoms with E-state index in [4.69, 9.17) is 4.74 Å². The standard InChI is InChI=1S/C8H14N4O3/c1-3-15-5(2)4-9-6-7(13)10-8(14)12-11-6/h5H,3-4H2,1-2H3,(H,9,11)(H2,10,12,13,14). The Bertz CT molecular complexity index is 411. The van der Waals surface area contributed by atoms with Crippen molar-refractivity contribution in [3.05, 3.63) is 20.8 Å². The Morgan fingerprint density at radius 2 is 2.27 bits per heavy atom. The Morgan fingerprint density at radius 1 is 1.53 bits per heavy atom. The molecule has 1 aromatic rings. The van der Waals surface area contributed by atoms with Crippen molar-refractivity contribution in [2.24, 2.45) is 0 Å². The normalized spacial score (nSPS) is 12.4. The molecule has 1 heterocycles. The molecule has 7 heteroatoms. The van der Waals surface area contributed by atoms with E-state index in [1.54, 1.807) is 0 Å². The minimum Gasteiger partial charge on any atom is -0.377 e. The summed E-state index contributed by atoms with van der Waals surface area (Å²) in [7, 11) is 0. The molecule has 0 aromatic carbocycles. The molecule has 0 radical (unpaired) electrons. The number of H-pyrrole nitrogens is 2. The highest BCUT2D eigenvalue weighted by molar-refractivity contribution is 5.28. The summed E-state index contributed by atoms with van der Waals surface area (Å²) >= 11 is 0. The van der Waals surface area contributed by atoms with E-state index >= 15 is 0 Å². The van der Waals surface area contributed by atoms with Gasteiger partial charge in [0.15, 0.2) is 0 Å². The fourth-order valence-corrected chi connectivity index (χ4v) is 1.05. The molecule has 0 fully saturated rings. The second-order valence-corrected chi connectivity index (χ2v) is 3.00. The van der Waals surface area contributed by atoms with Crippen molar-refractivity contribution in [2.45, 2.75) is 20.0 Å². The summed E-state index contributed by atoms with van der Waals surface area (Å²) in [6, 6.07) is 0. The molecule has 0 saturated heterocycles. The van der Waals surface area contributed by atoms with Crippen LogP contribution in [-0.2, 0) is 4.74 Å². The summed E-state index contributed by atoms with van der Waals surface area (Å²) < 4.78 is 5.25. The number of hydrogen-bond donors (Lipinski definition) is 3. The number of rotatable bonds is 5. The molecule has 1 rings (SSSR count). The Morgan fingerprint density at radius 3 is 2.87 bits per heavy atom. The van der Waals surface area contributed by atoms with Crippen LogP contribution in [-0.4, -0.2) is 34.4 Å². The Labute approximate surface area is 85.9 Å². The fourth-order valence-electron chi connectivity index (χ4n) is 1.05. The van der Waals surface area contributed by atoms with Crippen molar-refractivity contribution in [1.82, 2.24) is 15.2 Å². The first-order valence-corrected chi connectivity index (χ1v) is 4.68. The first-order chi connectivity index (χ1) is 7.13. The van der Waals surface area contributed by atoms with Crippen LogP contribution in [0.3, 0.4) is 0 Å². The number of nitrogens with zero attached hydrogens (tertiary/aromatic N) is 1. The highest BCUT2D eigenvalue weighted by Gasteiger charge is 2.04. The Hall–Kier alpha value is -1.63. The van der Waals surface area contributed by atoms with Crippen LogP contribution < -0.4 is 16.6 Å². The summed E-state index contributed by atoms with van der Waals surface area (Å²) in [6.45, 7) is 4.83. The van der Waals surface area contributed by atoms with E-state index in [0.29, 0.717) is 13.2 Å². The first-order valence-electron chi connectivity index (χ1n) is 4.68. The fraction of sp³-hybridized carbons (Fsp3) is 0.625. The third-order valence-electron chi connectivity index (χ3n) is 1.72. The largest absolute Gasteiger partial charge is 0.377 e. The van der Waals surface area contributed by atoms with Gasteiger partial charge in [-0.2, -0.15) is 0 Å². The molecular weight excluding hydrogens is 200 g/mol. The second-order valence-electron chi connectivity index (χ2n) is 3.00. The van der Waals surface area contributed by atoms with Crippen LogP contribution in [0.2, 0.25) is 0 Å². The molecule has 1 atom stereocenters. The SMILES string of the molecule is CCOC(C)CNc1n[nH]c(=O)[nH]c1=O. The van der Waals surface area contributed by atoms with Gasteiger partial charge in [0.25, 0.3) is 5.56 Å². The lowest BCUT2D eigenvalue weighted by atomic mass is 10.4. The summed E-state index contributed by atoms with van der Waals surface area (Å²) in [5.74, 6) is 0.0844. The zero-order chi connectivity index (χ0) is 11.3. The van der Waals surface area contributed by atoms with Crippen molar-refractivity contribution in [3.63, 3.8) is 0 Å². The maximum Gasteiger partial charge on any atom is 0.342 e. The first kappa shape index (κ1) is 11.4. The van der Waals surface area contributed by atoms with Gasteiger partial charge >= 0.3 is 5.69 Å². The van der Waals surface area contributed by atoms with E-state index in [0.717, 1.165) is 0 Å². The molecule has 3 N–H and O–H groups in total. The Kier molecular flexibility index (Phi) is 4.04. The van der Waals surface area contributed by atoms with E-state index < -0.39 is 11.2 Å². The van der Waals surface area contributed by atoms with Gasteiger partial charge in [0, 0.05) is 13.2 Å². The van der Waals surface area contributed by atoms with E-state index in [2.05, 4.69) is 20.5 Å². The van der Waals surface area contributed by atoms with E-state index in [-0.39, 0.29) is 11.9 Å². The molecule has 84 valence electrons. The third-order valence-corrected chi connectivity index (χ3v) is 1.72.